The molecule has 0 aliphatic heterocycles. The van der Waals surface area contributed by atoms with Crippen molar-refractivity contribution in [3.8, 4) is 0 Å². The highest BCUT2D eigenvalue weighted by molar-refractivity contribution is 9.09. The lowest BCUT2D eigenvalue weighted by Crippen LogP contribution is -1.98. The summed E-state index contributed by atoms with van der Waals surface area (Å²) in [7, 11) is 0. The third-order valence-electron chi connectivity index (χ3n) is 2.33. The molecule has 1 aromatic rings. The van der Waals surface area contributed by atoms with Gasteiger partial charge in [-0.1, -0.05) is 29.8 Å². The lowest BCUT2D eigenvalue weighted by Gasteiger charge is -2.03. The molecule has 1 atom stereocenters. The van der Waals surface area contributed by atoms with E-state index in [-0.39, 0.29) is 0 Å². The number of hydrogen-bond acceptors (Lipinski definition) is 1. The number of nitrogens with zero attached hydrogens (tertiary/aromatic N) is 2. The van der Waals surface area contributed by atoms with E-state index in [1.54, 1.807) is 0 Å². The molecular formula is C11H19BrN2. The van der Waals surface area contributed by atoms with Gasteiger partial charge in [-0.3, -0.25) is 4.68 Å². The Morgan fingerprint density at radius 2 is 2.29 bits per heavy atom. The molecule has 0 amide bonds. The van der Waals surface area contributed by atoms with Crippen LogP contribution >= 0.6 is 15.9 Å². The van der Waals surface area contributed by atoms with Crippen molar-refractivity contribution in [2.45, 2.75) is 50.9 Å². The standard InChI is InChI=1S/C11H19BrN2/c1-3-7-14-9-10(8-13-14)5-6-11(12)4-2/h8-9,11H,3-7H2,1-2H3. The molecule has 0 N–H and O–H groups in total. The molecule has 1 unspecified atom stereocenters. The third kappa shape index (κ3) is 3.82. The summed E-state index contributed by atoms with van der Waals surface area (Å²) < 4.78 is 2.03. The fourth-order valence-corrected chi connectivity index (χ4v) is 1.64. The molecule has 1 rings (SSSR count). The number of aryl methyl sites for hydroxylation is 2. The smallest absolute Gasteiger partial charge is 0.0521 e. The van der Waals surface area contributed by atoms with Crippen LogP contribution in [0.15, 0.2) is 12.4 Å². The first-order valence-electron chi connectivity index (χ1n) is 5.41. The minimum atomic E-state index is 0.650. The summed E-state index contributed by atoms with van der Waals surface area (Å²) >= 11 is 3.64. The van der Waals surface area contributed by atoms with E-state index < -0.39 is 0 Å². The molecule has 0 bridgehead atoms. The number of alkyl halides is 1. The normalized spacial score (nSPS) is 13.1. The van der Waals surface area contributed by atoms with Gasteiger partial charge in [0, 0.05) is 17.6 Å². The van der Waals surface area contributed by atoms with Crippen LogP contribution in [0.4, 0.5) is 0 Å². The van der Waals surface area contributed by atoms with Gasteiger partial charge in [-0.25, -0.2) is 0 Å². The van der Waals surface area contributed by atoms with Gasteiger partial charge in [0.1, 0.15) is 0 Å². The minimum absolute atomic E-state index is 0.650. The minimum Gasteiger partial charge on any atom is -0.272 e. The fourth-order valence-electron chi connectivity index (χ4n) is 1.41. The molecular weight excluding hydrogens is 240 g/mol. The maximum atomic E-state index is 4.31. The van der Waals surface area contributed by atoms with Gasteiger partial charge in [-0.2, -0.15) is 5.10 Å². The second kappa shape index (κ2) is 6.23. The maximum Gasteiger partial charge on any atom is 0.0521 e. The zero-order chi connectivity index (χ0) is 10.4. The lowest BCUT2D eigenvalue weighted by atomic mass is 10.1. The Hall–Kier alpha value is -0.310. The molecule has 0 radical (unpaired) electrons. The van der Waals surface area contributed by atoms with Crippen LogP contribution in [0.25, 0.3) is 0 Å². The van der Waals surface area contributed by atoms with Crippen LogP contribution < -0.4 is 0 Å². The lowest BCUT2D eigenvalue weighted by molar-refractivity contribution is 0.602. The van der Waals surface area contributed by atoms with E-state index >= 15 is 0 Å². The van der Waals surface area contributed by atoms with Gasteiger partial charge in [-0.15, -0.1) is 0 Å². The van der Waals surface area contributed by atoms with Crippen molar-refractivity contribution in [2.75, 3.05) is 0 Å². The SMILES string of the molecule is CCCn1cc(CCC(Br)CC)cn1. The Morgan fingerprint density at radius 1 is 1.50 bits per heavy atom. The molecule has 0 aliphatic carbocycles. The van der Waals surface area contributed by atoms with Crippen molar-refractivity contribution >= 4 is 15.9 Å². The van der Waals surface area contributed by atoms with E-state index in [0.29, 0.717) is 4.83 Å². The largest absolute Gasteiger partial charge is 0.272 e. The summed E-state index contributed by atoms with van der Waals surface area (Å²) in [5, 5.41) is 4.31. The zero-order valence-corrected chi connectivity index (χ0v) is 10.6. The first-order valence-corrected chi connectivity index (χ1v) is 6.33. The first kappa shape index (κ1) is 11.8. The van der Waals surface area contributed by atoms with E-state index in [4.69, 9.17) is 0 Å². The van der Waals surface area contributed by atoms with E-state index in [1.807, 2.05) is 10.9 Å². The highest BCUT2D eigenvalue weighted by Crippen LogP contribution is 2.13. The van der Waals surface area contributed by atoms with Crippen molar-refractivity contribution in [1.82, 2.24) is 9.78 Å². The van der Waals surface area contributed by atoms with Gasteiger partial charge in [0.05, 0.1) is 6.20 Å². The van der Waals surface area contributed by atoms with Crippen molar-refractivity contribution in [1.29, 1.82) is 0 Å². The number of halogens is 1. The highest BCUT2D eigenvalue weighted by atomic mass is 79.9. The Morgan fingerprint density at radius 3 is 2.93 bits per heavy atom. The van der Waals surface area contributed by atoms with Crippen molar-refractivity contribution < 1.29 is 0 Å². The molecule has 1 aromatic heterocycles. The second-order valence-electron chi connectivity index (χ2n) is 3.66. The number of rotatable bonds is 6. The summed E-state index contributed by atoms with van der Waals surface area (Å²) in [4.78, 5) is 0.650. The quantitative estimate of drug-likeness (QED) is 0.716. The first-order chi connectivity index (χ1) is 6.76. The Kier molecular flexibility index (Phi) is 5.23. The van der Waals surface area contributed by atoms with Crippen LogP contribution in [0.1, 0.15) is 38.7 Å². The van der Waals surface area contributed by atoms with Gasteiger partial charge < -0.3 is 0 Å². The van der Waals surface area contributed by atoms with Crippen LogP contribution in [-0.4, -0.2) is 14.6 Å². The molecule has 3 heteroatoms. The monoisotopic (exact) mass is 258 g/mol. The van der Waals surface area contributed by atoms with Gasteiger partial charge in [0.25, 0.3) is 0 Å². The van der Waals surface area contributed by atoms with E-state index in [1.165, 1.54) is 18.4 Å². The highest BCUT2D eigenvalue weighted by Gasteiger charge is 2.03. The Labute approximate surface area is 94.8 Å². The summed E-state index contributed by atoms with van der Waals surface area (Å²) in [5.74, 6) is 0. The third-order valence-corrected chi connectivity index (χ3v) is 3.43. The average Bonchev–Trinajstić information content (AvgIpc) is 2.63. The molecule has 0 aliphatic rings. The topological polar surface area (TPSA) is 17.8 Å². The van der Waals surface area contributed by atoms with Gasteiger partial charge in [0.2, 0.25) is 0 Å². The van der Waals surface area contributed by atoms with Gasteiger partial charge in [-0.05, 0) is 31.2 Å². The molecule has 0 saturated carbocycles. The molecule has 0 saturated heterocycles. The van der Waals surface area contributed by atoms with Crippen LogP contribution in [0.2, 0.25) is 0 Å². The molecule has 1 heterocycles. The van der Waals surface area contributed by atoms with Crippen molar-refractivity contribution in [3.63, 3.8) is 0 Å². The van der Waals surface area contributed by atoms with E-state index in [2.05, 4.69) is 41.1 Å². The van der Waals surface area contributed by atoms with Crippen LogP contribution in [-0.2, 0) is 13.0 Å². The number of hydrogen-bond donors (Lipinski definition) is 0. The zero-order valence-electron chi connectivity index (χ0n) is 9.04. The predicted molar refractivity (Wildman–Crippen MR) is 63.8 cm³/mol. The van der Waals surface area contributed by atoms with Crippen LogP contribution in [0.3, 0.4) is 0 Å². The van der Waals surface area contributed by atoms with E-state index in [0.717, 1.165) is 19.4 Å². The van der Waals surface area contributed by atoms with Gasteiger partial charge in [0.15, 0.2) is 0 Å². The molecule has 14 heavy (non-hydrogen) atoms. The van der Waals surface area contributed by atoms with E-state index in [9.17, 15) is 0 Å². The molecule has 2 nitrogen and oxygen atoms in total. The molecule has 0 aromatic carbocycles. The maximum absolute atomic E-state index is 4.31. The summed E-state index contributed by atoms with van der Waals surface area (Å²) in [6.45, 7) is 5.42. The van der Waals surface area contributed by atoms with Crippen molar-refractivity contribution in [3.05, 3.63) is 18.0 Å². The summed E-state index contributed by atoms with van der Waals surface area (Å²) in [6, 6.07) is 0. The average molecular weight is 259 g/mol. The van der Waals surface area contributed by atoms with Gasteiger partial charge >= 0.3 is 0 Å². The summed E-state index contributed by atoms with van der Waals surface area (Å²) in [5.41, 5.74) is 1.36. The van der Waals surface area contributed by atoms with Crippen LogP contribution in [0, 0.1) is 0 Å². The second-order valence-corrected chi connectivity index (χ2v) is 4.95. The predicted octanol–water partition coefficient (Wildman–Crippen LogP) is 3.40. The fraction of sp³-hybridized carbons (Fsp3) is 0.727. The molecule has 0 fully saturated rings. The van der Waals surface area contributed by atoms with Crippen molar-refractivity contribution in [2.24, 2.45) is 0 Å². The van der Waals surface area contributed by atoms with Crippen LogP contribution in [0.5, 0.6) is 0 Å². The molecule has 0 spiro atoms. The Balaban J connectivity index is 2.35. The Bertz CT molecular complexity index is 258. The molecule has 80 valence electrons. The number of aromatic nitrogens is 2. The summed E-state index contributed by atoms with van der Waals surface area (Å²) in [6.07, 6.45) is 8.84.